The molecular formula is C12H15FO2S. The molecule has 1 saturated heterocycles. The van der Waals surface area contributed by atoms with E-state index >= 15 is 0 Å². The van der Waals surface area contributed by atoms with Crippen LogP contribution < -0.4 is 4.74 Å². The smallest absolute Gasteiger partial charge is 0.168 e. The van der Waals surface area contributed by atoms with Crippen molar-refractivity contribution in [2.24, 2.45) is 0 Å². The molecule has 1 atom stereocenters. The lowest BCUT2D eigenvalue weighted by molar-refractivity contribution is 0.0676. The van der Waals surface area contributed by atoms with Crippen LogP contribution >= 0.6 is 11.8 Å². The number of aliphatic hydroxyl groups is 1. The van der Waals surface area contributed by atoms with Gasteiger partial charge in [0.05, 0.1) is 12.7 Å². The highest BCUT2D eigenvalue weighted by molar-refractivity contribution is 7.99. The lowest BCUT2D eigenvalue weighted by atomic mass is 9.93. The van der Waals surface area contributed by atoms with Crippen molar-refractivity contribution in [2.75, 3.05) is 18.6 Å². The average Bonchev–Trinajstić information content (AvgIpc) is 2.68. The Balaban J connectivity index is 2.21. The van der Waals surface area contributed by atoms with E-state index in [1.54, 1.807) is 30.0 Å². The zero-order valence-corrected chi connectivity index (χ0v) is 10.0. The molecule has 1 aliphatic heterocycles. The van der Waals surface area contributed by atoms with Crippen LogP contribution in [0.4, 0.5) is 4.39 Å². The number of ether oxygens (including phenoxy) is 1. The molecule has 1 heterocycles. The van der Waals surface area contributed by atoms with Crippen LogP contribution in [0.3, 0.4) is 0 Å². The van der Waals surface area contributed by atoms with Crippen LogP contribution in [0.25, 0.3) is 0 Å². The third kappa shape index (κ3) is 2.33. The van der Waals surface area contributed by atoms with Crippen molar-refractivity contribution in [3.05, 3.63) is 29.6 Å². The second-order valence-electron chi connectivity index (χ2n) is 4.14. The fourth-order valence-corrected chi connectivity index (χ4v) is 3.24. The SMILES string of the molecule is COc1cccc(CC2(O)CCSC2)c1F. The molecule has 0 aliphatic carbocycles. The van der Waals surface area contributed by atoms with Gasteiger partial charge in [-0.2, -0.15) is 11.8 Å². The molecular weight excluding hydrogens is 227 g/mol. The van der Waals surface area contributed by atoms with Gasteiger partial charge in [-0.15, -0.1) is 0 Å². The summed E-state index contributed by atoms with van der Waals surface area (Å²) in [5, 5.41) is 10.2. The molecule has 4 heteroatoms. The molecule has 0 saturated carbocycles. The average molecular weight is 242 g/mol. The molecule has 1 fully saturated rings. The lowest BCUT2D eigenvalue weighted by Crippen LogP contribution is -2.31. The quantitative estimate of drug-likeness (QED) is 0.881. The van der Waals surface area contributed by atoms with Gasteiger partial charge in [0.25, 0.3) is 0 Å². The molecule has 2 nitrogen and oxygen atoms in total. The predicted molar refractivity (Wildman–Crippen MR) is 63.5 cm³/mol. The lowest BCUT2D eigenvalue weighted by Gasteiger charge is -2.21. The second kappa shape index (κ2) is 4.63. The van der Waals surface area contributed by atoms with E-state index in [1.165, 1.54) is 7.11 Å². The zero-order chi connectivity index (χ0) is 11.6. The normalized spacial score (nSPS) is 24.7. The van der Waals surface area contributed by atoms with E-state index < -0.39 is 5.60 Å². The van der Waals surface area contributed by atoms with Crippen molar-refractivity contribution >= 4 is 11.8 Å². The predicted octanol–water partition coefficient (Wildman–Crippen LogP) is 2.24. The first-order chi connectivity index (χ1) is 7.64. The monoisotopic (exact) mass is 242 g/mol. The van der Waals surface area contributed by atoms with Crippen molar-refractivity contribution in [3.63, 3.8) is 0 Å². The van der Waals surface area contributed by atoms with Gasteiger partial charge < -0.3 is 9.84 Å². The standard InChI is InChI=1S/C12H15FO2S/c1-15-10-4-2-3-9(11(10)13)7-12(14)5-6-16-8-12/h2-4,14H,5-8H2,1H3. The minimum absolute atomic E-state index is 0.242. The van der Waals surface area contributed by atoms with Gasteiger partial charge in [0, 0.05) is 12.2 Å². The largest absolute Gasteiger partial charge is 0.494 e. The molecule has 1 aromatic carbocycles. The molecule has 0 spiro atoms. The molecule has 1 aliphatic rings. The van der Waals surface area contributed by atoms with E-state index in [9.17, 15) is 9.50 Å². The Bertz CT molecular complexity index is 375. The summed E-state index contributed by atoms with van der Waals surface area (Å²) < 4.78 is 18.8. The molecule has 0 radical (unpaired) electrons. The fourth-order valence-electron chi connectivity index (χ4n) is 1.94. The number of halogens is 1. The number of thioether (sulfide) groups is 1. The summed E-state index contributed by atoms with van der Waals surface area (Å²) in [5.74, 6) is 1.52. The van der Waals surface area contributed by atoms with Crippen molar-refractivity contribution in [1.82, 2.24) is 0 Å². The summed E-state index contributed by atoms with van der Waals surface area (Å²) in [6.07, 6.45) is 1.09. The molecule has 16 heavy (non-hydrogen) atoms. The molecule has 2 rings (SSSR count). The molecule has 1 aromatic rings. The Morgan fingerprint density at radius 2 is 2.38 bits per heavy atom. The van der Waals surface area contributed by atoms with E-state index in [1.807, 2.05) is 0 Å². The van der Waals surface area contributed by atoms with Crippen LogP contribution in [-0.4, -0.2) is 29.3 Å². The van der Waals surface area contributed by atoms with Gasteiger partial charge in [-0.05, 0) is 23.8 Å². The fraction of sp³-hybridized carbons (Fsp3) is 0.500. The third-order valence-corrected chi connectivity index (χ3v) is 4.10. The van der Waals surface area contributed by atoms with Gasteiger partial charge in [-0.1, -0.05) is 12.1 Å². The highest BCUT2D eigenvalue weighted by Gasteiger charge is 2.32. The Labute approximate surface area is 98.8 Å². The first kappa shape index (κ1) is 11.7. The van der Waals surface area contributed by atoms with E-state index in [0.29, 0.717) is 17.7 Å². The van der Waals surface area contributed by atoms with Crippen molar-refractivity contribution < 1.29 is 14.2 Å². The van der Waals surface area contributed by atoms with Crippen molar-refractivity contribution in [3.8, 4) is 5.75 Å². The maximum atomic E-state index is 13.9. The van der Waals surface area contributed by atoms with E-state index in [-0.39, 0.29) is 11.6 Å². The highest BCUT2D eigenvalue weighted by atomic mass is 32.2. The van der Waals surface area contributed by atoms with Gasteiger partial charge in [0.1, 0.15) is 0 Å². The first-order valence-electron chi connectivity index (χ1n) is 5.26. The zero-order valence-electron chi connectivity index (χ0n) is 9.20. The van der Waals surface area contributed by atoms with Gasteiger partial charge >= 0.3 is 0 Å². The Morgan fingerprint density at radius 1 is 1.56 bits per heavy atom. The summed E-state index contributed by atoms with van der Waals surface area (Å²) in [5.41, 5.74) is -0.220. The number of hydrogen-bond acceptors (Lipinski definition) is 3. The highest BCUT2D eigenvalue weighted by Crippen LogP contribution is 2.32. The van der Waals surface area contributed by atoms with E-state index in [2.05, 4.69) is 0 Å². The van der Waals surface area contributed by atoms with Crippen LogP contribution in [0.1, 0.15) is 12.0 Å². The van der Waals surface area contributed by atoms with Crippen molar-refractivity contribution in [1.29, 1.82) is 0 Å². The number of rotatable bonds is 3. The molecule has 1 unspecified atom stereocenters. The van der Waals surface area contributed by atoms with Gasteiger partial charge in [0.15, 0.2) is 11.6 Å². The first-order valence-corrected chi connectivity index (χ1v) is 6.42. The topological polar surface area (TPSA) is 29.5 Å². The maximum Gasteiger partial charge on any atom is 0.168 e. The van der Waals surface area contributed by atoms with Crippen LogP contribution in [0, 0.1) is 5.82 Å². The molecule has 1 N–H and O–H groups in total. The number of hydrogen-bond donors (Lipinski definition) is 1. The molecule has 0 amide bonds. The van der Waals surface area contributed by atoms with Crippen LogP contribution in [0.2, 0.25) is 0 Å². The summed E-state index contributed by atoms with van der Waals surface area (Å²) in [7, 11) is 1.45. The van der Waals surface area contributed by atoms with Crippen molar-refractivity contribution in [2.45, 2.75) is 18.4 Å². The number of benzene rings is 1. The van der Waals surface area contributed by atoms with Gasteiger partial charge in [-0.25, -0.2) is 4.39 Å². The third-order valence-electron chi connectivity index (χ3n) is 2.87. The van der Waals surface area contributed by atoms with E-state index in [0.717, 1.165) is 12.2 Å². The Hall–Kier alpha value is -0.740. The Kier molecular flexibility index (Phi) is 3.40. The summed E-state index contributed by atoms with van der Waals surface area (Å²) in [4.78, 5) is 0. The van der Waals surface area contributed by atoms with Crippen LogP contribution in [0.15, 0.2) is 18.2 Å². The molecule has 0 bridgehead atoms. The minimum atomic E-state index is -0.752. The summed E-state index contributed by atoms with van der Waals surface area (Å²) >= 11 is 1.71. The molecule has 0 aromatic heterocycles. The van der Waals surface area contributed by atoms with Crippen LogP contribution in [-0.2, 0) is 6.42 Å². The van der Waals surface area contributed by atoms with E-state index in [4.69, 9.17) is 4.74 Å². The maximum absolute atomic E-state index is 13.9. The van der Waals surface area contributed by atoms with Gasteiger partial charge in [0.2, 0.25) is 0 Å². The molecule has 88 valence electrons. The summed E-state index contributed by atoms with van der Waals surface area (Å²) in [6, 6.07) is 5.05. The summed E-state index contributed by atoms with van der Waals surface area (Å²) in [6.45, 7) is 0. The van der Waals surface area contributed by atoms with Crippen LogP contribution in [0.5, 0.6) is 5.75 Å². The second-order valence-corrected chi connectivity index (χ2v) is 5.24. The van der Waals surface area contributed by atoms with Gasteiger partial charge in [-0.3, -0.25) is 0 Å². The minimum Gasteiger partial charge on any atom is -0.494 e. The Morgan fingerprint density at radius 3 is 3.00 bits per heavy atom. The number of methoxy groups -OCH3 is 1.